The van der Waals surface area contributed by atoms with Crippen molar-refractivity contribution in [1.82, 2.24) is 0 Å². The number of rotatable bonds is 2. The number of halogens is 6. The van der Waals surface area contributed by atoms with Crippen molar-refractivity contribution in [2.24, 2.45) is 0 Å². The van der Waals surface area contributed by atoms with Gasteiger partial charge >= 0.3 is 18.3 Å². The van der Waals surface area contributed by atoms with Gasteiger partial charge in [-0.15, -0.1) is 0 Å². The number of furan rings is 1. The third kappa shape index (κ3) is 3.07. The maximum absolute atomic E-state index is 12.8. The van der Waals surface area contributed by atoms with Crippen LogP contribution in [0.2, 0.25) is 0 Å². The van der Waals surface area contributed by atoms with Gasteiger partial charge in [-0.25, -0.2) is 4.79 Å². The standard InChI is InChI=1S/C13H6F6O3/c14-12(15,16)7-2-1-6(5-8(7)13(17,18)19)9-3-4-10(22-9)11(20)21/h1-5H,(H,20,21). The highest BCUT2D eigenvalue weighted by atomic mass is 19.4. The smallest absolute Gasteiger partial charge is 0.417 e. The lowest BCUT2D eigenvalue weighted by Crippen LogP contribution is -2.16. The Morgan fingerprint density at radius 2 is 1.50 bits per heavy atom. The van der Waals surface area contributed by atoms with E-state index in [1.165, 1.54) is 0 Å². The fourth-order valence-electron chi connectivity index (χ4n) is 1.79. The molecule has 0 aliphatic heterocycles. The minimum absolute atomic E-state index is 0.271. The first-order valence-corrected chi connectivity index (χ1v) is 5.62. The first kappa shape index (κ1) is 15.9. The molecule has 0 saturated heterocycles. The van der Waals surface area contributed by atoms with E-state index in [0.717, 1.165) is 18.2 Å². The van der Waals surface area contributed by atoms with Gasteiger partial charge in [0.25, 0.3) is 0 Å². The number of benzene rings is 1. The molecule has 2 aromatic rings. The number of aromatic carboxylic acids is 1. The quantitative estimate of drug-likeness (QED) is 0.816. The first-order chi connectivity index (χ1) is 10.00. The van der Waals surface area contributed by atoms with Gasteiger partial charge in [0.1, 0.15) is 5.76 Å². The summed E-state index contributed by atoms with van der Waals surface area (Å²) in [7, 11) is 0. The summed E-state index contributed by atoms with van der Waals surface area (Å²) in [6, 6.07) is 3.38. The first-order valence-electron chi connectivity index (χ1n) is 5.62. The van der Waals surface area contributed by atoms with E-state index in [1.807, 2.05) is 0 Å². The van der Waals surface area contributed by atoms with Crippen molar-refractivity contribution in [3.63, 3.8) is 0 Å². The zero-order valence-electron chi connectivity index (χ0n) is 10.4. The maximum Gasteiger partial charge on any atom is 0.417 e. The molecule has 2 rings (SSSR count). The van der Waals surface area contributed by atoms with Crippen molar-refractivity contribution in [3.8, 4) is 11.3 Å². The molecule has 1 heterocycles. The van der Waals surface area contributed by atoms with Crippen LogP contribution >= 0.6 is 0 Å². The average Bonchev–Trinajstić information content (AvgIpc) is 2.85. The Morgan fingerprint density at radius 1 is 0.909 bits per heavy atom. The fraction of sp³-hybridized carbons (Fsp3) is 0.154. The van der Waals surface area contributed by atoms with E-state index in [9.17, 15) is 31.1 Å². The monoisotopic (exact) mass is 324 g/mol. The van der Waals surface area contributed by atoms with Crippen LogP contribution in [0.5, 0.6) is 0 Å². The minimum atomic E-state index is -5.22. The summed E-state index contributed by atoms with van der Waals surface area (Å²) < 4.78 is 81.0. The van der Waals surface area contributed by atoms with Gasteiger partial charge in [0.05, 0.1) is 11.1 Å². The van der Waals surface area contributed by atoms with Gasteiger partial charge in [-0.2, -0.15) is 26.3 Å². The molecule has 1 aromatic carbocycles. The second kappa shape index (κ2) is 5.08. The molecular formula is C13H6F6O3. The van der Waals surface area contributed by atoms with Crippen LogP contribution in [0.15, 0.2) is 34.7 Å². The van der Waals surface area contributed by atoms with Crippen LogP contribution in [0.3, 0.4) is 0 Å². The zero-order valence-corrected chi connectivity index (χ0v) is 10.4. The molecule has 1 aromatic heterocycles. The molecule has 0 saturated carbocycles. The zero-order chi connectivity index (χ0) is 16.7. The summed E-state index contributed by atoms with van der Waals surface area (Å²) in [5.41, 5.74) is -4.01. The molecule has 0 amide bonds. The number of alkyl halides is 6. The van der Waals surface area contributed by atoms with E-state index in [2.05, 4.69) is 0 Å². The van der Waals surface area contributed by atoms with Crippen molar-refractivity contribution in [2.45, 2.75) is 12.4 Å². The fourth-order valence-corrected chi connectivity index (χ4v) is 1.79. The predicted octanol–water partition coefficient (Wildman–Crippen LogP) is 4.68. The molecule has 0 bridgehead atoms. The molecule has 118 valence electrons. The lowest BCUT2D eigenvalue weighted by atomic mass is 10.0. The molecule has 22 heavy (non-hydrogen) atoms. The van der Waals surface area contributed by atoms with E-state index in [0.29, 0.717) is 0 Å². The molecule has 0 radical (unpaired) electrons. The Balaban J connectivity index is 2.58. The van der Waals surface area contributed by atoms with E-state index >= 15 is 0 Å². The second-order valence-electron chi connectivity index (χ2n) is 4.22. The lowest BCUT2D eigenvalue weighted by molar-refractivity contribution is -0.162. The van der Waals surface area contributed by atoms with Gasteiger partial charge in [-0.1, -0.05) is 6.07 Å². The summed E-state index contributed by atoms with van der Waals surface area (Å²) >= 11 is 0. The Morgan fingerprint density at radius 3 is 1.95 bits per heavy atom. The maximum atomic E-state index is 12.8. The van der Waals surface area contributed by atoms with Crippen molar-refractivity contribution >= 4 is 5.97 Å². The molecule has 0 aliphatic carbocycles. The third-order valence-electron chi connectivity index (χ3n) is 2.73. The molecular weight excluding hydrogens is 318 g/mol. The van der Waals surface area contributed by atoms with Gasteiger partial charge in [0.2, 0.25) is 5.76 Å². The SMILES string of the molecule is O=C(O)c1ccc(-c2ccc(C(F)(F)F)c(C(F)(F)F)c2)o1. The molecule has 0 aliphatic rings. The van der Waals surface area contributed by atoms with Crippen LogP contribution in [0.25, 0.3) is 11.3 Å². The van der Waals surface area contributed by atoms with Gasteiger partial charge in [0.15, 0.2) is 0 Å². The largest absolute Gasteiger partial charge is 0.475 e. The number of hydrogen-bond donors (Lipinski definition) is 1. The molecule has 0 fully saturated rings. The minimum Gasteiger partial charge on any atom is -0.475 e. The topological polar surface area (TPSA) is 50.4 Å². The number of carboxylic acid groups (broad SMARTS) is 1. The van der Waals surface area contributed by atoms with Gasteiger partial charge < -0.3 is 9.52 Å². The highest BCUT2D eigenvalue weighted by Gasteiger charge is 2.43. The van der Waals surface area contributed by atoms with E-state index in [1.54, 1.807) is 0 Å². The molecule has 3 nitrogen and oxygen atoms in total. The van der Waals surface area contributed by atoms with E-state index in [-0.39, 0.29) is 23.5 Å². The Labute approximate surface area is 118 Å². The molecule has 0 atom stereocenters. The van der Waals surface area contributed by atoms with Crippen LogP contribution in [0.4, 0.5) is 26.3 Å². The molecule has 0 unspecified atom stereocenters. The van der Waals surface area contributed by atoms with Crippen LogP contribution in [0.1, 0.15) is 21.7 Å². The lowest BCUT2D eigenvalue weighted by Gasteiger charge is -2.16. The molecule has 1 N–H and O–H groups in total. The number of carbonyl (C=O) groups is 1. The third-order valence-corrected chi connectivity index (χ3v) is 2.73. The number of hydrogen-bond acceptors (Lipinski definition) is 2. The van der Waals surface area contributed by atoms with Gasteiger partial charge in [-0.05, 0) is 24.3 Å². The van der Waals surface area contributed by atoms with Crippen LogP contribution in [-0.4, -0.2) is 11.1 Å². The van der Waals surface area contributed by atoms with Crippen molar-refractivity contribution < 1.29 is 40.7 Å². The summed E-state index contributed by atoms with van der Waals surface area (Å²) in [4.78, 5) is 10.6. The summed E-state index contributed by atoms with van der Waals surface area (Å²) in [6.07, 6.45) is -10.4. The summed E-state index contributed by atoms with van der Waals surface area (Å²) in [5.74, 6) is -2.27. The van der Waals surface area contributed by atoms with E-state index in [4.69, 9.17) is 9.52 Å². The number of carboxylic acids is 1. The van der Waals surface area contributed by atoms with Crippen molar-refractivity contribution in [2.75, 3.05) is 0 Å². The highest BCUT2D eigenvalue weighted by molar-refractivity contribution is 5.85. The predicted molar refractivity (Wildman–Crippen MR) is 61.1 cm³/mol. The van der Waals surface area contributed by atoms with Crippen LogP contribution < -0.4 is 0 Å². The Bertz CT molecular complexity index is 711. The van der Waals surface area contributed by atoms with Crippen molar-refractivity contribution in [3.05, 3.63) is 47.2 Å². The summed E-state index contributed by atoms with van der Waals surface area (Å²) in [5, 5.41) is 8.66. The molecule has 0 spiro atoms. The Hall–Kier alpha value is -2.45. The van der Waals surface area contributed by atoms with Crippen LogP contribution in [-0.2, 0) is 12.4 Å². The second-order valence-corrected chi connectivity index (χ2v) is 4.22. The van der Waals surface area contributed by atoms with Crippen molar-refractivity contribution in [1.29, 1.82) is 0 Å². The highest BCUT2D eigenvalue weighted by Crippen LogP contribution is 2.42. The van der Waals surface area contributed by atoms with Gasteiger partial charge in [0, 0.05) is 5.56 Å². The summed E-state index contributed by atoms with van der Waals surface area (Å²) in [6.45, 7) is 0. The Kier molecular flexibility index (Phi) is 3.68. The van der Waals surface area contributed by atoms with E-state index < -0.39 is 35.2 Å². The molecule has 9 heteroatoms. The normalized spacial score (nSPS) is 12.5. The average molecular weight is 324 g/mol. The van der Waals surface area contributed by atoms with Crippen LogP contribution in [0, 0.1) is 0 Å². The van der Waals surface area contributed by atoms with Gasteiger partial charge in [-0.3, -0.25) is 0 Å².